The van der Waals surface area contributed by atoms with Crippen molar-refractivity contribution in [2.24, 2.45) is 0 Å². The third kappa shape index (κ3) is 2.54. The molecule has 0 saturated carbocycles. The molecule has 1 aliphatic heterocycles. The molecule has 108 valence electrons. The minimum atomic E-state index is -0.496. The maximum absolute atomic E-state index is 12.5. The number of benzene rings is 1. The number of aromatic nitrogens is 3. The first-order valence-electron chi connectivity index (χ1n) is 6.22. The van der Waals surface area contributed by atoms with E-state index in [-0.39, 0.29) is 18.2 Å². The van der Waals surface area contributed by atoms with Gasteiger partial charge in [0.05, 0.1) is 5.69 Å². The molecule has 0 aliphatic carbocycles. The first kappa shape index (κ1) is 14.1. The van der Waals surface area contributed by atoms with Crippen LogP contribution in [0.25, 0.3) is 0 Å². The summed E-state index contributed by atoms with van der Waals surface area (Å²) < 4.78 is 0. The number of aromatic amines is 1. The molecule has 1 atom stereocenters. The van der Waals surface area contributed by atoms with Crippen molar-refractivity contribution in [1.82, 2.24) is 15.2 Å². The average Bonchev–Trinajstić information content (AvgIpc) is 3.04. The normalized spacial score (nSPS) is 18.6. The number of nitrogens with zero attached hydrogens (tertiary/aromatic N) is 3. The number of hydrogen-bond donors (Lipinski definition) is 1. The monoisotopic (exact) mass is 322 g/mol. The maximum atomic E-state index is 12.5. The molecule has 0 radical (unpaired) electrons. The molecule has 1 fully saturated rings. The summed E-state index contributed by atoms with van der Waals surface area (Å²) >= 11 is 7.27. The van der Waals surface area contributed by atoms with Gasteiger partial charge in [0, 0.05) is 11.4 Å². The molecule has 1 unspecified atom stereocenters. The number of amides is 2. The number of carbonyl (C=O) groups is 2. The molecular weight excluding hydrogens is 312 g/mol. The van der Waals surface area contributed by atoms with E-state index in [2.05, 4.69) is 15.2 Å². The van der Waals surface area contributed by atoms with Gasteiger partial charge in [-0.2, -0.15) is 5.10 Å². The van der Waals surface area contributed by atoms with Crippen LogP contribution in [0.1, 0.15) is 12.0 Å². The van der Waals surface area contributed by atoms with E-state index in [1.54, 1.807) is 25.1 Å². The second-order valence-corrected chi connectivity index (χ2v) is 6.15. The molecule has 2 aromatic rings. The molecule has 21 heavy (non-hydrogen) atoms. The van der Waals surface area contributed by atoms with Crippen molar-refractivity contribution < 1.29 is 9.59 Å². The van der Waals surface area contributed by atoms with Crippen LogP contribution in [0.3, 0.4) is 0 Å². The number of hydrogen-bond acceptors (Lipinski definition) is 5. The van der Waals surface area contributed by atoms with Gasteiger partial charge >= 0.3 is 0 Å². The van der Waals surface area contributed by atoms with Crippen LogP contribution in [0.4, 0.5) is 5.69 Å². The summed E-state index contributed by atoms with van der Waals surface area (Å²) in [5.74, 6) is -0.492. The van der Waals surface area contributed by atoms with Crippen molar-refractivity contribution in [3.8, 4) is 0 Å². The van der Waals surface area contributed by atoms with E-state index >= 15 is 0 Å². The van der Waals surface area contributed by atoms with Gasteiger partial charge in [0.15, 0.2) is 5.16 Å². The molecule has 0 bridgehead atoms. The van der Waals surface area contributed by atoms with Crippen molar-refractivity contribution in [3.63, 3.8) is 0 Å². The average molecular weight is 323 g/mol. The third-order valence-electron chi connectivity index (χ3n) is 3.23. The van der Waals surface area contributed by atoms with Gasteiger partial charge in [-0.15, -0.1) is 0 Å². The van der Waals surface area contributed by atoms with E-state index in [1.807, 2.05) is 0 Å². The standard InChI is InChI=1S/C13H11ClN4O2S/c1-7-8(14)3-2-4-9(7)18-11(19)5-10(12(18)20)21-13-15-6-16-17-13/h2-4,6,10H,5H2,1H3,(H,15,16,17). The highest BCUT2D eigenvalue weighted by Gasteiger charge is 2.41. The van der Waals surface area contributed by atoms with Crippen molar-refractivity contribution in [2.45, 2.75) is 23.8 Å². The molecule has 2 amide bonds. The van der Waals surface area contributed by atoms with Crippen LogP contribution < -0.4 is 4.90 Å². The summed E-state index contributed by atoms with van der Waals surface area (Å²) in [6.07, 6.45) is 1.50. The Morgan fingerprint density at radius 1 is 1.43 bits per heavy atom. The zero-order chi connectivity index (χ0) is 15.0. The topological polar surface area (TPSA) is 79.0 Å². The summed E-state index contributed by atoms with van der Waals surface area (Å²) in [5, 5.41) is 6.95. The number of anilines is 1. The number of thioether (sulfide) groups is 1. The minimum Gasteiger partial charge on any atom is -0.274 e. The minimum absolute atomic E-state index is 0.135. The molecule has 1 aromatic heterocycles. The Morgan fingerprint density at radius 3 is 2.95 bits per heavy atom. The zero-order valence-electron chi connectivity index (χ0n) is 11.0. The van der Waals surface area contributed by atoms with Crippen LogP contribution in [0.5, 0.6) is 0 Å². The number of H-pyrrole nitrogens is 1. The van der Waals surface area contributed by atoms with Crippen LogP contribution >= 0.6 is 23.4 Å². The van der Waals surface area contributed by atoms with Crippen molar-refractivity contribution in [1.29, 1.82) is 0 Å². The SMILES string of the molecule is Cc1c(Cl)cccc1N1C(=O)CC(Sc2ncn[nH]2)C1=O. The molecule has 3 rings (SSSR count). The number of nitrogens with one attached hydrogen (secondary N) is 1. The summed E-state index contributed by atoms with van der Waals surface area (Å²) in [6, 6.07) is 5.17. The third-order valence-corrected chi connectivity index (χ3v) is 4.71. The second-order valence-electron chi connectivity index (χ2n) is 4.55. The van der Waals surface area contributed by atoms with E-state index in [0.717, 1.165) is 0 Å². The van der Waals surface area contributed by atoms with E-state index in [0.29, 0.717) is 21.4 Å². The van der Waals surface area contributed by atoms with Gasteiger partial charge in [-0.3, -0.25) is 14.7 Å². The molecule has 1 aromatic carbocycles. The lowest BCUT2D eigenvalue weighted by Gasteiger charge is -2.17. The molecule has 6 nitrogen and oxygen atoms in total. The Hall–Kier alpha value is -1.86. The van der Waals surface area contributed by atoms with Gasteiger partial charge in [0.25, 0.3) is 0 Å². The van der Waals surface area contributed by atoms with Crippen LogP contribution in [0.2, 0.25) is 5.02 Å². The fraction of sp³-hybridized carbons (Fsp3) is 0.231. The van der Waals surface area contributed by atoms with Crippen molar-refractivity contribution in [2.75, 3.05) is 4.90 Å². The van der Waals surface area contributed by atoms with Gasteiger partial charge < -0.3 is 0 Å². The summed E-state index contributed by atoms with van der Waals surface area (Å²) in [7, 11) is 0. The molecule has 1 saturated heterocycles. The molecule has 0 spiro atoms. The van der Waals surface area contributed by atoms with Gasteiger partial charge in [-0.05, 0) is 24.6 Å². The first-order chi connectivity index (χ1) is 10.1. The van der Waals surface area contributed by atoms with Gasteiger partial charge in [-0.25, -0.2) is 9.88 Å². The fourth-order valence-electron chi connectivity index (χ4n) is 2.17. The van der Waals surface area contributed by atoms with E-state index in [9.17, 15) is 9.59 Å². The van der Waals surface area contributed by atoms with Crippen LogP contribution in [-0.2, 0) is 9.59 Å². The summed E-state index contributed by atoms with van der Waals surface area (Å²) in [4.78, 5) is 29.8. The van der Waals surface area contributed by atoms with Crippen LogP contribution in [0, 0.1) is 6.92 Å². The second kappa shape index (κ2) is 5.50. The molecule has 2 heterocycles. The highest BCUT2D eigenvalue weighted by atomic mass is 35.5. The first-order valence-corrected chi connectivity index (χ1v) is 7.47. The van der Waals surface area contributed by atoms with E-state index < -0.39 is 5.25 Å². The van der Waals surface area contributed by atoms with Gasteiger partial charge in [0.1, 0.15) is 11.6 Å². The smallest absolute Gasteiger partial charge is 0.247 e. The Labute approximate surface area is 129 Å². The lowest BCUT2D eigenvalue weighted by atomic mass is 10.2. The molecular formula is C13H11ClN4O2S. The Bertz CT molecular complexity index is 704. The summed E-state index contributed by atoms with van der Waals surface area (Å²) in [5.41, 5.74) is 1.25. The zero-order valence-corrected chi connectivity index (χ0v) is 12.6. The van der Waals surface area contributed by atoms with Crippen LogP contribution in [-0.4, -0.2) is 32.2 Å². The van der Waals surface area contributed by atoms with Crippen molar-refractivity contribution in [3.05, 3.63) is 35.1 Å². The predicted octanol–water partition coefficient (Wildman–Crippen LogP) is 2.19. The number of carbonyl (C=O) groups excluding carboxylic acids is 2. The van der Waals surface area contributed by atoms with Crippen molar-refractivity contribution >= 4 is 40.9 Å². The summed E-state index contributed by atoms with van der Waals surface area (Å²) in [6.45, 7) is 1.79. The van der Waals surface area contributed by atoms with Crippen LogP contribution in [0.15, 0.2) is 29.7 Å². The predicted molar refractivity (Wildman–Crippen MR) is 79.3 cm³/mol. The maximum Gasteiger partial charge on any atom is 0.247 e. The Morgan fingerprint density at radius 2 is 2.24 bits per heavy atom. The highest BCUT2D eigenvalue weighted by molar-refractivity contribution is 8.00. The number of rotatable bonds is 3. The van der Waals surface area contributed by atoms with Gasteiger partial charge in [0.2, 0.25) is 11.8 Å². The Kier molecular flexibility index (Phi) is 3.69. The van der Waals surface area contributed by atoms with E-state index in [1.165, 1.54) is 23.0 Å². The number of imide groups is 1. The van der Waals surface area contributed by atoms with E-state index in [4.69, 9.17) is 11.6 Å². The Balaban J connectivity index is 1.88. The molecule has 1 aliphatic rings. The largest absolute Gasteiger partial charge is 0.274 e. The van der Waals surface area contributed by atoms with Gasteiger partial charge in [-0.1, -0.05) is 29.4 Å². The number of halogens is 1. The quantitative estimate of drug-likeness (QED) is 0.876. The lowest BCUT2D eigenvalue weighted by molar-refractivity contribution is -0.121. The lowest BCUT2D eigenvalue weighted by Crippen LogP contribution is -2.31. The molecule has 1 N–H and O–H groups in total. The molecule has 8 heteroatoms. The highest BCUT2D eigenvalue weighted by Crippen LogP contribution is 2.35. The fourth-order valence-corrected chi connectivity index (χ4v) is 3.26.